The smallest absolute Gasteiger partial charge is 0.247 e. The van der Waals surface area contributed by atoms with Crippen LogP contribution in [0.2, 0.25) is 0 Å². The van der Waals surface area contributed by atoms with Crippen LogP contribution in [0.25, 0.3) is 22.2 Å². The number of thioether (sulfide) groups is 1. The molecule has 0 amide bonds. The standard InChI is InChI=1S/C15H12N6OS2/c16-21-13(11-7-4-8-23-11)18-20-15(21)24-9-12-17-19-14(22-12)10-5-2-1-3-6-10/h1-8H,9,16H2. The molecule has 120 valence electrons. The topological polar surface area (TPSA) is 95.7 Å². The van der Waals surface area contributed by atoms with Crippen molar-refractivity contribution in [3.63, 3.8) is 0 Å². The second-order valence-corrected chi connectivity index (χ2v) is 6.70. The van der Waals surface area contributed by atoms with E-state index in [1.807, 2.05) is 47.8 Å². The third kappa shape index (κ3) is 2.91. The zero-order valence-electron chi connectivity index (χ0n) is 12.4. The molecular formula is C15H12N6OS2. The SMILES string of the molecule is Nn1c(SCc2nnc(-c3ccccc3)o2)nnc1-c1cccs1. The molecule has 0 unspecified atom stereocenters. The Labute approximate surface area is 145 Å². The number of rotatable bonds is 5. The maximum atomic E-state index is 6.07. The van der Waals surface area contributed by atoms with Crippen LogP contribution < -0.4 is 5.84 Å². The Morgan fingerprint density at radius 1 is 1.04 bits per heavy atom. The van der Waals surface area contributed by atoms with Crippen LogP contribution in [-0.2, 0) is 5.75 Å². The summed E-state index contributed by atoms with van der Waals surface area (Å²) in [4.78, 5) is 0.973. The molecule has 1 aromatic carbocycles. The van der Waals surface area contributed by atoms with Gasteiger partial charge >= 0.3 is 0 Å². The van der Waals surface area contributed by atoms with Crippen molar-refractivity contribution in [2.45, 2.75) is 10.9 Å². The number of aromatic nitrogens is 5. The number of hydrogen-bond acceptors (Lipinski definition) is 8. The third-order valence-electron chi connectivity index (χ3n) is 3.22. The van der Waals surface area contributed by atoms with Crippen LogP contribution >= 0.6 is 23.1 Å². The lowest BCUT2D eigenvalue weighted by Gasteiger charge is -2.00. The maximum absolute atomic E-state index is 6.07. The highest BCUT2D eigenvalue weighted by Crippen LogP contribution is 2.27. The highest BCUT2D eigenvalue weighted by molar-refractivity contribution is 7.98. The highest BCUT2D eigenvalue weighted by atomic mass is 32.2. The molecule has 9 heteroatoms. The van der Waals surface area contributed by atoms with E-state index in [9.17, 15) is 0 Å². The summed E-state index contributed by atoms with van der Waals surface area (Å²) in [6.45, 7) is 0. The fourth-order valence-corrected chi connectivity index (χ4v) is 3.48. The maximum Gasteiger partial charge on any atom is 0.247 e. The summed E-state index contributed by atoms with van der Waals surface area (Å²) in [5.74, 6) is 8.19. The first-order valence-electron chi connectivity index (χ1n) is 7.06. The van der Waals surface area contributed by atoms with Crippen LogP contribution in [0.15, 0.2) is 57.4 Å². The van der Waals surface area contributed by atoms with Crippen molar-refractivity contribution < 1.29 is 4.42 Å². The molecule has 0 radical (unpaired) electrons. The Bertz CT molecular complexity index is 932. The van der Waals surface area contributed by atoms with Gasteiger partial charge in [0.15, 0.2) is 5.82 Å². The lowest BCUT2D eigenvalue weighted by molar-refractivity contribution is 0.528. The molecule has 0 aliphatic carbocycles. The van der Waals surface area contributed by atoms with Gasteiger partial charge < -0.3 is 10.3 Å². The van der Waals surface area contributed by atoms with Gasteiger partial charge in [0, 0.05) is 5.56 Å². The van der Waals surface area contributed by atoms with Crippen molar-refractivity contribution in [3.05, 3.63) is 53.7 Å². The summed E-state index contributed by atoms with van der Waals surface area (Å²) >= 11 is 2.96. The first kappa shape index (κ1) is 14.9. The minimum atomic E-state index is 0.472. The summed E-state index contributed by atoms with van der Waals surface area (Å²) in [5.41, 5.74) is 0.892. The minimum absolute atomic E-state index is 0.472. The molecule has 24 heavy (non-hydrogen) atoms. The van der Waals surface area contributed by atoms with Gasteiger partial charge in [-0.15, -0.1) is 31.7 Å². The first-order chi connectivity index (χ1) is 11.8. The zero-order valence-corrected chi connectivity index (χ0v) is 14.0. The van der Waals surface area contributed by atoms with E-state index >= 15 is 0 Å². The summed E-state index contributed by atoms with van der Waals surface area (Å²) in [7, 11) is 0. The molecule has 7 nitrogen and oxygen atoms in total. The number of nitrogens with two attached hydrogens (primary N) is 1. The van der Waals surface area contributed by atoms with Crippen molar-refractivity contribution in [2.75, 3.05) is 5.84 Å². The van der Waals surface area contributed by atoms with Crippen LogP contribution in [0.1, 0.15) is 5.89 Å². The number of nitrogens with zero attached hydrogens (tertiary/aromatic N) is 5. The number of hydrogen-bond donors (Lipinski definition) is 1. The fourth-order valence-electron chi connectivity index (χ4n) is 2.08. The van der Waals surface area contributed by atoms with Gasteiger partial charge in [-0.1, -0.05) is 36.0 Å². The van der Waals surface area contributed by atoms with Crippen molar-refractivity contribution in [3.8, 4) is 22.2 Å². The van der Waals surface area contributed by atoms with Crippen molar-refractivity contribution in [1.29, 1.82) is 0 Å². The van der Waals surface area contributed by atoms with Gasteiger partial charge in [0.1, 0.15) is 0 Å². The van der Waals surface area contributed by atoms with Gasteiger partial charge in [-0.3, -0.25) is 0 Å². The summed E-state index contributed by atoms with van der Waals surface area (Å²) in [6, 6.07) is 13.5. The van der Waals surface area contributed by atoms with Gasteiger partial charge in [-0.2, -0.15) is 0 Å². The van der Waals surface area contributed by atoms with Crippen LogP contribution in [0.4, 0.5) is 0 Å². The lowest BCUT2D eigenvalue weighted by atomic mass is 10.2. The molecule has 0 bridgehead atoms. The molecule has 0 saturated heterocycles. The molecule has 0 fully saturated rings. The van der Waals surface area contributed by atoms with Gasteiger partial charge in [0.05, 0.1) is 10.6 Å². The predicted octanol–water partition coefficient (Wildman–Crippen LogP) is 3.06. The monoisotopic (exact) mass is 356 g/mol. The third-order valence-corrected chi connectivity index (χ3v) is 5.01. The number of benzene rings is 1. The van der Waals surface area contributed by atoms with E-state index in [1.165, 1.54) is 16.4 Å². The van der Waals surface area contributed by atoms with Crippen LogP contribution in [0, 0.1) is 0 Å². The van der Waals surface area contributed by atoms with Crippen LogP contribution in [0.5, 0.6) is 0 Å². The molecule has 0 atom stereocenters. The Morgan fingerprint density at radius 3 is 2.71 bits per heavy atom. The van der Waals surface area contributed by atoms with E-state index in [4.69, 9.17) is 10.3 Å². The largest absolute Gasteiger partial charge is 0.420 e. The average Bonchev–Trinajstić information content (AvgIpc) is 3.35. The molecule has 0 aliphatic rings. The van der Waals surface area contributed by atoms with Crippen molar-refractivity contribution in [2.24, 2.45) is 0 Å². The molecular weight excluding hydrogens is 344 g/mol. The summed E-state index contributed by atoms with van der Waals surface area (Å²) < 4.78 is 7.15. The van der Waals surface area contributed by atoms with Gasteiger partial charge in [0.25, 0.3) is 0 Å². The summed E-state index contributed by atoms with van der Waals surface area (Å²) in [5, 5.41) is 18.9. The first-order valence-corrected chi connectivity index (χ1v) is 8.93. The van der Waals surface area contributed by atoms with E-state index in [2.05, 4.69) is 20.4 Å². The second kappa shape index (κ2) is 6.46. The van der Waals surface area contributed by atoms with E-state index in [0.717, 1.165) is 10.4 Å². The Balaban J connectivity index is 1.47. The van der Waals surface area contributed by atoms with E-state index in [0.29, 0.717) is 28.5 Å². The normalized spacial score (nSPS) is 11.0. The van der Waals surface area contributed by atoms with Gasteiger partial charge in [0.2, 0.25) is 16.9 Å². The zero-order chi connectivity index (χ0) is 16.4. The Hall–Kier alpha value is -2.65. The van der Waals surface area contributed by atoms with Gasteiger partial charge in [-0.25, -0.2) is 4.68 Å². The van der Waals surface area contributed by atoms with Crippen LogP contribution in [0.3, 0.4) is 0 Å². The fraction of sp³-hybridized carbons (Fsp3) is 0.0667. The molecule has 2 N–H and O–H groups in total. The molecule has 0 saturated carbocycles. The quantitative estimate of drug-likeness (QED) is 0.433. The van der Waals surface area contributed by atoms with E-state index in [-0.39, 0.29) is 0 Å². The number of nitrogen functional groups attached to an aromatic ring is 1. The van der Waals surface area contributed by atoms with E-state index in [1.54, 1.807) is 11.3 Å². The summed E-state index contributed by atoms with van der Waals surface area (Å²) in [6.07, 6.45) is 0. The Kier molecular flexibility index (Phi) is 4.01. The van der Waals surface area contributed by atoms with Crippen molar-refractivity contribution in [1.82, 2.24) is 25.1 Å². The minimum Gasteiger partial charge on any atom is -0.420 e. The van der Waals surface area contributed by atoms with Crippen LogP contribution in [-0.4, -0.2) is 25.1 Å². The predicted molar refractivity (Wildman–Crippen MR) is 92.8 cm³/mol. The van der Waals surface area contributed by atoms with E-state index < -0.39 is 0 Å². The second-order valence-electron chi connectivity index (χ2n) is 4.81. The number of thiophene rings is 1. The molecule has 3 heterocycles. The highest BCUT2D eigenvalue weighted by Gasteiger charge is 2.15. The average molecular weight is 356 g/mol. The molecule has 0 spiro atoms. The molecule has 4 rings (SSSR count). The van der Waals surface area contributed by atoms with Gasteiger partial charge in [-0.05, 0) is 23.6 Å². The lowest BCUT2D eigenvalue weighted by Crippen LogP contribution is -2.11. The van der Waals surface area contributed by atoms with Crippen molar-refractivity contribution >= 4 is 23.1 Å². The Morgan fingerprint density at radius 2 is 1.92 bits per heavy atom. The molecule has 3 aromatic heterocycles. The molecule has 4 aromatic rings. The molecule has 0 aliphatic heterocycles.